The zero-order valence-corrected chi connectivity index (χ0v) is 9.18. The van der Waals surface area contributed by atoms with E-state index in [0.717, 1.165) is 10.0 Å². The molecule has 0 aliphatic carbocycles. The number of nitrogens with one attached hydrogen (secondary N) is 1. The van der Waals surface area contributed by atoms with Crippen molar-refractivity contribution in [2.45, 2.75) is 6.92 Å². The highest BCUT2D eigenvalue weighted by molar-refractivity contribution is 9.10. The monoisotopic (exact) mass is 265 g/mol. The quantitative estimate of drug-likeness (QED) is 0.804. The number of rotatable bonds is 2. The Balaban J connectivity index is 3.04. The van der Waals surface area contributed by atoms with Crippen LogP contribution in [0, 0.1) is 6.92 Å². The summed E-state index contributed by atoms with van der Waals surface area (Å²) in [6.07, 6.45) is 0. The summed E-state index contributed by atoms with van der Waals surface area (Å²) in [5, 5.41) is 0. The molecule has 0 aliphatic heterocycles. The molecule has 0 bridgehead atoms. The third-order valence-corrected chi connectivity index (χ3v) is 2.40. The summed E-state index contributed by atoms with van der Waals surface area (Å²) in [6.45, 7) is 1.73. The number of anilines is 1. The van der Waals surface area contributed by atoms with Crippen molar-refractivity contribution in [1.82, 2.24) is 0 Å². The largest absolute Gasteiger partial charge is 0.357 e. The van der Waals surface area contributed by atoms with Crippen molar-refractivity contribution in [1.29, 1.82) is 0 Å². The van der Waals surface area contributed by atoms with Gasteiger partial charge >= 0.3 is 10.3 Å². The van der Waals surface area contributed by atoms with Crippen molar-refractivity contribution in [2.24, 2.45) is 0 Å². The topological polar surface area (TPSA) is 66.4 Å². The molecule has 2 N–H and O–H groups in total. The summed E-state index contributed by atoms with van der Waals surface area (Å²) in [5.41, 5.74) is 1.10. The van der Waals surface area contributed by atoms with Gasteiger partial charge in [0.2, 0.25) is 0 Å². The molecule has 0 amide bonds. The van der Waals surface area contributed by atoms with Crippen LogP contribution < -0.4 is 4.72 Å². The van der Waals surface area contributed by atoms with E-state index in [1.165, 1.54) is 0 Å². The van der Waals surface area contributed by atoms with Gasteiger partial charge in [-0.1, -0.05) is 15.9 Å². The van der Waals surface area contributed by atoms with E-state index < -0.39 is 10.3 Å². The number of halogens is 1. The molecule has 0 heterocycles. The van der Waals surface area contributed by atoms with Crippen LogP contribution in [0.25, 0.3) is 0 Å². The van der Waals surface area contributed by atoms with Crippen LogP contribution in [-0.4, -0.2) is 13.0 Å². The molecule has 72 valence electrons. The van der Waals surface area contributed by atoms with Gasteiger partial charge in [-0.25, -0.2) is 0 Å². The van der Waals surface area contributed by atoms with Gasteiger partial charge in [0.25, 0.3) is 0 Å². The van der Waals surface area contributed by atoms with Gasteiger partial charge in [0, 0.05) is 4.47 Å². The third-order valence-electron chi connectivity index (χ3n) is 1.43. The molecule has 0 saturated carbocycles. The van der Waals surface area contributed by atoms with Crippen LogP contribution in [-0.2, 0) is 10.3 Å². The van der Waals surface area contributed by atoms with E-state index in [1.54, 1.807) is 25.1 Å². The van der Waals surface area contributed by atoms with E-state index in [1.807, 2.05) is 4.72 Å². The lowest BCUT2D eigenvalue weighted by Crippen LogP contribution is -2.11. The van der Waals surface area contributed by atoms with Gasteiger partial charge in [-0.15, -0.1) is 0 Å². The smallest absolute Gasteiger partial charge is 0.269 e. The summed E-state index contributed by atoms with van der Waals surface area (Å²) in [5.74, 6) is 0. The fraction of sp³-hybridized carbons (Fsp3) is 0.143. The Morgan fingerprint density at radius 3 is 2.54 bits per heavy atom. The molecule has 0 fully saturated rings. The normalized spacial score (nSPS) is 11.3. The van der Waals surface area contributed by atoms with Gasteiger partial charge in [-0.2, -0.15) is 8.42 Å². The fourth-order valence-corrected chi connectivity index (χ4v) is 1.86. The minimum atomic E-state index is -4.18. The first kappa shape index (κ1) is 10.5. The van der Waals surface area contributed by atoms with Crippen molar-refractivity contribution < 1.29 is 13.0 Å². The summed E-state index contributed by atoms with van der Waals surface area (Å²) < 4.78 is 32.3. The lowest BCUT2D eigenvalue weighted by Gasteiger charge is -2.05. The molecule has 1 aromatic rings. The Hall–Kier alpha value is -0.590. The first-order valence-electron chi connectivity index (χ1n) is 3.40. The van der Waals surface area contributed by atoms with Gasteiger partial charge in [-0.05, 0) is 30.7 Å². The first-order chi connectivity index (χ1) is 5.88. The highest BCUT2D eigenvalue weighted by Gasteiger charge is 2.05. The Morgan fingerprint density at radius 2 is 2.08 bits per heavy atom. The zero-order chi connectivity index (χ0) is 10.1. The van der Waals surface area contributed by atoms with E-state index in [4.69, 9.17) is 4.55 Å². The highest BCUT2D eigenvalue weighted by Crippen LogP contribution is 2.20. The SMILES string of the molecule is Cc1cc(Br)ccc1NS(=O)(=O)O. The maximum atomic E-state index is 10.5. The van der Waals surface area contributed by atoms with Crippen LogP contribution in [0.2, 0.25) is 0 Å². The van der Waals surface area contributed by atoms with Gasteiger partial charge < -0.3 is 0 Å². The summed E-state index contributed by atoms with van der Waals surface area (Å²) in [7, 11) is -4.18. The van der Waals surface area contributed by atoms with E-state index in [9.17, 15) is 8.42 Å². The maximum absolute atomic E-state index is 10.5. The van der Waals surface area contributed by atoms with Gasteiger partial charge in [0.05, 0.1) is 5.69 Å². The Labute approximate surface area is 85.0 Å². The molecule has 1 aromatic carbocycles. The van der Waals surface area contributed by atoms with Gasteiger partial charge in [-0.3, -0.25) is 9.27 Å². The molecule has 13 heavy (non-hydrogen) atoms. The molecule has 0 radical (unpaired) electrons. The highest BCUT2D eigenvalue weighted by atomic mass is 79.9. The second-order valence-electron chi connectivity index (χ2n) is 2.54. The Kier molecular flexibility index (Phi) is 2.94. The van der Waals surface area contributed by atoms with Crippen LogP contribution in [0.1, 0.15) is 5.56 Å². The zero-order valence-electron chi connectivity index (χ0n) is 6.78. The number of aryl methyl sites for hydroxylation is 1. The fourth-order valence-electron chi connectivity index (χ4n) is 0.881. The van der Waals surface area contributed by atoms with Gasteiger partial charge in [0.1, 0.15) is 0 Å². The summed E-state index contributed by atoms with van der Waals surface area (Å²) >= 11 is 3.24. The van der Waals surface area contributed by atoms with Crippen LogP contribution in [0.3, 0.4) is 0 Å². The molecular formula is C7H8BrNO3S. The van der Waals surface area contributed by atoms with Crippen molar-refractivity contribution in [3.63, 3.8) is 0 Å². The van der Waals surface area contributed by atoms with Gasteiger partial charge in [0.15, 0.2) is 0 Å². The standard InChI is InChI=1S/C7H8BrNO3S/c1-5-4-6(8)2-3-7(5)9-13(10,11)12/h2-4,9H,1H3,(H,10,11,12). The number of benzene rings is 1. The van der Waals surface area contributed by atoms with Crippen molar-refractivity contribution in [2.75, 3.05) is 4.72 Å². The average molecular weight is 266 g/mol. The average Bonchev–Trinajstić information content (AvgIpc) is 1.93. The predicted octanol–water partition coefficient (Wildman–Crippen LogP) is 1.97. The second-order valence-corrected chi connectivity index (χ2v) is 4.61. The molecule has 0 spiro atoms. The molecule has 0 atom stereocenters. The van der Waals surface area contributed by atoms with Crippen molar-refractivity contribution in [3.05, 3.63) is 28.2 Å². The lowest BCUT2D eigenvalue weighted by atomic mass is 10.2. The van der Waals surface area contributed by atoms with Crippen LogP contribution in [0.5, 0.6) is 0 Å². The van der Waals surface area contributed by atoms with E-state index >= 15 is 0 Å². The van der Waals surface area contributed by atoms with Crippen molar-refractivity contribution >= 4 is 31.9 Å². The molecule has 4 nitrogen and oxygen atoms in total. The maximum Gasteiger partial charge on any atom is 0.357 e. The van der Waals surface area contributed by atoms with Crippen molar-refractivity contribution in [3.8, 4) is 0 Å². The predicted molar refractivity (Wildman–Crippen MR) is 54.1 cm³/mol. The third kappa shape index (κ3) is 3.33. The molecule has 0 aliphatic rings. The number of hydrogen-bond donors (Lipinski definition) is 2. The summed E-state index contributed by atoms with van der Waals surface area (Å²) in [6, 6.07) is 4.99. The second kappa shape index (κ2) is 3.65. The minimum absolute atomic E-state index is 0.366. The molecule has 0 aromatic heterocycles. The first-order valence-corrected chi connectivity index (χ1v) is 5.63. The van der Waals surface area contributed by atoms with Crippen LogP contribution in [0.15, 0.2) is 22.7 Å². The van der Waals surface area contributed by atoms with E-state index in [0.29, 0.717) is 5.69 Å². The Bertz CT molecular complexity index is 416. The molecule has 0 saturated heterocycles. The number of hydrogen-bond acceptors (Lipinski definition) is 2. The minimum Gasteiger partial charge on any atom is -0.269 e. The molecule has 0 unspecified atom stereocenters. The molecular weight excluding hydrogens is 258 g/mol. The van der Waals surface area contributed by atoms with E-state index in [2.05, 4.69) is 15.9 Å². The van der Waals surface area contributed by atoms with E-state index in [-0.39, 0.29) is 0 Å². The Morgan fingerprint density at radius 1 is 1.46 bits per heavy atom. The van der Waals surface area contributed by atoms with Crippen LogP contribution in [0.4, 0.5) is 5.69 Å². The summed E-state index contributed by atoms with van der Waals surface area (Å²) in [4.78, 5) is 0. The van der Waals surface area contributed by atoms with Crippen LogP contribution >= 0.6 is 15.9 Å². The lowest BCUT2D eigenvalue weighted by molar-refractivity contribution is 0.489. The molecule has 1 rings (SSSR count). The molecule has 6 heteroatoms.